The van der Waals surface area contributed by atoms with Gasteiger partial charge in [-0.3, -0.25) is 0 Å². The highest BCUT2D eigenvalue weighted by atomic mass is 16.3. The van der Waals surface area contributed by atoms with Crippen molar-refractivity contribution in [1.82, 2.24) is 0 Å². The van der Waals surface area contributed by atoms with Crippen LogP contribution in [0.15, 0.2) is 0 Å². The predicted molar refractivity (Wildman–Crippen MR) is 51.1 cm³/mol. The summed E-state index contributed by atoms with van der Waals surface area (Å²) in [7, 11) is 0. The minimum Gasteiger partial charge on any atom is -0.394 e. The Morgan fingerprint density at radius 2 is 1.58 bits per heavy atom. The summed E-state index contributed by atoms with van der Waals surface area (Å²) in [5.74, 6) is 0. The van der Waals surface area contributed by atoms with Gasteiger partial charge in [-0.05, 0) is 6.42 Å². The maximum absolute atomic E-state index is 9.01. The highest BCUT2D eigenvalue weighted by Gasteiger charge is 1.99. The molecule has 2 N–H and O–H groups in total. The lowest BCUT2D eigenvalue weighted by Crippen LogP contribution is -2.10. The average Bonchev–Trinajstić information content (AvgIpc) is 2.10. The normalized spacial score (nSPS) is 13.2. The molecular weight excluding hydrogens is 152 g/mol. The van der Waals surface area contributed by atoms with Gasteiger partial charge >= 0.3 is 0 Å². The van der Waals surface area contributed by atoms with Gasteiger partial charge in [0.05, 0.1) is 12.7 Å². The molecule has 1 atom stereocenters. The van der Waals surface area contributed by atoms with Gasteiger partial charge in [0.15, 0.2) is 0 Å². The second-order valence-corrected chi connectivity index (χ2v) is 3.39. The first-order chi connectivity index (χ1) is 5.81. The summed E-state index contributed by atoms with van der Waals surface area (Å²) in [5, 5.41) is 17.5. The molecule has 74 valence electrons. The van der Waals surface area contributed by atoms with Gasteiger partial charge in [0.1, 0.15) is 0 Å². The van der Waals surface area contributed by atoms with Crippen molar-refractivity contribution in [3.63, 3.8) is 0 Å². The number of rotatable bonds is 8. The van der Waals surface area contributed by atoms with Crippen LogP contribution in [-0.2, 0) is 0 Å². The highest BCUT2D eigenvalue weighted by Crippen LogP contribution is 2.08. The van der Waals surface area contributed by atoms with Crippen LogP contribution in [0.3, 0.4) is 0 Å². The first-order valence-corrected chi connectivity index (χ1v) is 5.10. The Kier molecular flexibility index (Phi) is 8.95. The van der Waals surface area contributed by atoms with Crippen LogP contribution < -0.4 is 0 Å². The highest BCUT2D eigenvalue weighted by molar-refractivity contribution is 4.53. The second-order valence-electron chi connectivity index (χ2n) is 3.39. The molecule has 0 rings (SSSR count). The third-order valence-electron chi connectivity index (χ3n) is 2.10. The van der Waals surface area contributed by atoms with Crippen molar-refractivity contribution in [2.75, 3.05) is 6.61 Å². The first kappa shape index (κ1) is 11.9. The van der Waals surface area contributed by atoms with Crippen LogP contribution in [-0.4, -0.2) is 22.9 Å². The molecule has 0 unspecified atom stereocenters. The van der Waals surface area contributed by atoms with Crippen molar-refractivity contribution in [3.8, 4) is 0 Å². The third kappa shape index (κ3) is 8.02. The number of aliphatic hydroxyl groups is 2. The molecule has 0 saturated heterocycles. The maximum atomic E-state index is 9.01. The SMILES string of the molecule is CCCCCCCC[C@@H](O)CO. The maximum Gasteiger partial charge on any atom is 0.0770 e. The summed E-state index contributed by atoms with van der Waals surface area (Å²) in [6, 6.07) is 0. The van der Waals surface area contributed by atoms with Crippen LogP contribution in [0.5, 0.6) is 0 Å². The summed E-state index contributed by atoms with van der Waals surface area (Å²) >= 11 is 0. The van der Waals surface area contributed by atoms with Crippen molar-refractivity contribution in [1.29, 1.82) is 0 Å². The van der Waals surface area contributed by atoms with E-state index in [1.807, 2.05) is 0 Å². The van der Waals surface area contributed by atoms with Crippen molar-refractivity contribution >= 4 is 0 Å². The Balaban J connectivity index is 2.90. The van der Waals surface area contributed by atoms with E-state index >= 15 is 0 Å². The van der Waals surface area contributed by atoms with Gasteiger partial charge < -0.3 is 10.2 Å². The van der Waals surface area contributed by atoms with E-state index in [4.69, 9.17) is 10.2 Å². The van der Waals surface area contributed by atoms with E-state index < -0.39 is 6.10 Å². The van der Waals surface area contributed by atoms with Crippen LogP contribution in [0.2, 0.25) is 0 Å². The Labute approximate surface area is 75.6 Å². The van der Waals surface area contributed by atoms with Gasteiger partial charge in [-0.15, -0.1) is 0 Å². The molecule has 2 heteroatoms. The minimum atomic E-state index is -0.490. The van der Waals surface area contributed by atoms with E-state index in [9.17, 15) is 0 Å². The fourth-order valence-corrected chi connectivity index (χ4v) is 1.25. The van der Waals surface area contributed by atoms with Gasteiger partial charge in [0.25, 0.3) is 0 Å². The van der Waals surface area contributed by atoms with E-state index in [-0.39, 0.29) is 6.61 Å². The smallest absolute Gasteiger partial charge is 0.0770 e. The monoisotopic (exact) mass is 174 g/mol. The predicted octanol–water partition coefficient (Wildman–Crippen LogP) is 2.09. The molecule has 0 aromatic heterocycles. The van der Waals surface area contributed by atoms with Gasteiger partial charge in [-0.2, -0.15) is 0 Å². The first-order valence-electron chi connectivity index (χ1n) is 5.10. The molecule has 0 aliphatic rings. The van der Waals surface area contributed by atoms with Gasteiger partial charge in [-0.1, -0.05) is 45.4 Å². The molecule has 0 spiro atoms. The molecule has 0 aliphatic heterocycles. The average molecular weight is 174 g/mol. The van der Waals surface area contributed by atoms with Gasteiger partial charge in [0, 0.05) is 0 Å². The molecule has 0 fully saturated rings. The third-order valence-corrected chi connectivity index (χ3v) is 2.10. The molecule has 0 aromatic rings. The molecule has 0 aromatic carbocycles. The lowest BCUT2D eigenvalue weighted by atomic mass is 10.1. The number of unbranched alkanes of at least 4 members (excludes halogenated alkanes) is 5. The van der Waals surface area contributed by atoms with E-state index in [2.05, 4.69) is 6.92 Å². The van der Waals surface area contributed by atoms with Crippen molar-refractivity contribution < 1.29 is 10.2 Å². The molecule has 0 heterocycles. The largest absolute Gasteiger partial charge is 0.394 e. The van der Waals surface area contributed by atoms with Crippen LogP contribution in [0, 0.1) is 0 Å². The van der Waals surface area contributed by atoms with Crippen LogP contribution in [0.4, 0.5) is 0 Å². The zero-order valence-electron chi connectivity index (χ0n) is 8.13. The van der Waals surface area contributed by atoms with Crippen molar-refractivity contribution in [2.45, 2.75) is 58.0 Å². The molecule has 0 radical (unpaired) electrons. The number of hydrogen-bond acceptors (Lipinski definition) is 2. The van der Waals surface area contributed by atoms with E-state index in [0.717, 1.165) is 12.8 Å². The second kappa shape index (κ2) is 9.01. The van der Waals surface area contributed by atoms with Crippen molar-refractivity contribution in [2.24, 2.45) is 0 Å². The fraction of sp³-hybridized carbons (Fsp3) is 1.00. The Bertz CT molecular complexity index is 83.9. The van der Waals surface area contributed by atoms with Crippen LogP contribution in [0.1, 0.15) is 51.9 Å². The fourth-order valence-electron chi connectivity index (χ4n) is 1.25. The zero-order chi connectivity index (χ0) is 9.23. The van der Waals surface area contributed by atoms with Gasteiger partial charge in [0.2, 0.25) is 0 Å². The Morgan fingerprint density at radius 1 is 1.00 bits per heavy atom. The molecule has 0 bridgehead atoms. The lowest BCUT2D eigenvalue weighted by molar-refractivity contribution is 0.0860. The number of hydrogen-bond donors (Lipinski definition) is 2. The summed E-state index contributed by atoms with van der Waals surface area (Å²) in [6.45, 7) is 2.12. The van der Waals surface area contributed by atoms with Gasteiger partial charge in [-0.25, -0.2) is 0 Å². The topological polar surface area (TPSA) is 40.5 Å². The molecular formula is C10H22O2. The minimum absolute atomic E-state index is 0.0883. The molecule has 0 saturated carbocycles. The van der Waals surface area contributed by atoms with E-state index in [1.165, 1.54) is 32.1 Å². The lowest BCUT2D eigenvalue weighted by Gasteiger charge is -2.05. The summed E-state index contributed by atoms with van der Waals surface area (Å²) in [5.41, 5.74) is 0. The van der Waals surface area contributed by atoms with E-state index in [0.29, 0.717) is 0 Å². The molecule has 0 aliphatic carbocycles. The summed E-state index contributed by atoms with van der Waals surface area (Å²) in [6.07, 6.45) is 7.68. The van der Waals surface area contributed by atoms with Crippen molar-refractivity contribution in [3.05, 3.63) is 0 Å². The summed E-state index contributed by atoms with van der Waals surface area (Å²) in [4.78, 5) is 0. The standard InChI is InChI=1S/C10H22O2/c1-2-3-4-5-6-7-8-10(12)9-11/h10-12H,2-9H2,1H3/t10-/m1/s1. The quantitative estimate of drug-likeness (QED) is 0.553. The van der Waals surface area contributed by atoms with E-state index in [1.54, 1.807) is 0 Å². The summed E-state index contributed by atoms with van der Waals surface area (Å²) < 4.78 is 0. The molecule has 12 heavy (non-hydrogen) atoms. The Hall–Kier alpha value is -0.0800. The number of aliphatic hydroxyl groups excluding tert-OH is 2. The van der Waals surface area contributed by atoms with Crippen LogP contribution in [0.25, 0.3) is 0 Å². The zero-order valence-corrected chi connectivity index (χ0v) is 8.13. The van der Waals surface area contributed by atoms with Crippen LogP contribution >= 0.6 is 0 Å². The Morgan fingerprint density at radius 3 is 2.17 bits per heavy atom. The molecule has 2 nitrogen and oxygen atoms in total. The molecule has 0 amide bonds.